The minimum atomic E-state index is 0.900. The average molecular weight is 207 g/mol. The van der Waals surface area contributed by atoms with Crippen LogP contribution in [0, 0.1) is 6.92 Å². The van der Waals surface area contributed by atoms with Crippen LogP contribution in [-0.2, 0) is 5.75 Å². The van der Waals surface area contributed by atoms with E-state index in [9.17, 15) is 0 Å². The maximum Gasteiger partial charge on any atom is 0.0505 e. The molecule has 1 aromatic rings. The van der Waals surface area contributed by atoms with E-state index in [1.807, 2.05) is 0 Å². The van der Waals surface area contributed by atoms with E-state index in [-0.39, 0.29) is 0 Å². The van der Waals surface area contributed by atoms with E-state index in [2.05, 4.69) is 41.9 Å². The summed E-state index contributed by atoms with van der Waals surface area (Å²) >= 11 is 2.08. The second kappa shape index (κ2) is 4.83. The fourth-order valence-corrected chi connectivity index (χ4v) is 3.17. The van der Waals surface area contributed by atoms with Gasteiger partial charge in [-0.1, -0.05) is 18.9 Å². The highest BCUT2D eigenvalue weighted by Gasteiger charge is 2.15. The van der Waals surface area contributed by atoms with Crippen LogP contribution in [0.5, 0.6) is 0 Å². The Balaban J connectivity index is 1.85. The van der Waals surface area contributed by atoms with Crippen LogP contribution in [0.15, 0.2) is 18.2 Å². The molecule has 0 spiro atoms. The average Bonchev–Trinajstić information content (AvgIpc) is 2.67. The van der Waals surface area contributed by atoms with E-state index >= 15 is 0 Å². The first-order chi connectivity index (χ1) is 6.84. The van der Waals surface area contributed by atoms with Gasteiger partial charge in [-0.3, -0.25) is 4.98 Å². The molecular weight excluding hydrogens is 190 g/mol. The normalized spacial score (nSPS) is 17.5. The van der Waals surface area contributed by atoms with Gasteiger partial charge in [0, 0.05) is 16.7 Å². The first-order valence-electron chi connectivity index (χ1n) is 5.39. The third-order valence-electron chi connectivity index (χ3n) is 2.72. The maximum atomic E-state index is 4.51. The number of rotatable bonds is 3. The van der Waals surface area contributed by atoms with Crippen LogP contribution in [0.4, 0.5) is 0 Å². The largest absolute Gasteiger partial charge is 0.257 e. The van der Waals surface area contributed by atoms with Crippen molar-refractivity contribution >= 4 is 11.8 Å². The van der Waals surface area contributed by atoms with E-state index in [4.69, 9.17) is 0 Å². The Labute approximate surface area is 90.3 Å². The molecule has 1 aliphatic carbocycles. The molecule has 0 radical (unpaired) electrons. The van der Waals surface area contributed by atoms with Crippen molar-refractivity contribution in [2.75, 3.05) is 0 Å². The van der Waals surface area contributed by atoms with Gasteiger partial charge in [0.05, 0.1) is 5.69 Å². The Kier molecular flexibility index (Phi) is 3.46. The molecule has 0 N–H and O–H groups in total. The second-order valence-electron chi connectivity index (χ2n) is 3.99. The van der Waals surface area contributed by atoms with Gasteiger partial charge in [0.2, 0.25) is 0 Å². The third kappa shape index (κ3) is 2.74. The van der Waals surface area contributed by atoms with Gasteiger partial charge in [0.25, 0.3) is 0 Å². The van der Waals surface area contributed by atoms with Crippen molar-refractivity contribution in [1.82, 2.24) is 4.98 Å². The fraction of sp³-hybridized carbons (Fsp3) is 0.583. The molecule has 0 amide bonds. The summed E-state index contributed by atoms with van der Waals surface area (Å²) in [5.41, 5.74) is 2.37. The summed E-state index contributed by atoms with van der Waals surface area (Å²) in [6.07, 6.45) is 5.69. The first-order valence-corrected chi connectivity index (χ1v) is 6.43. The summed E-state index contributed by atoms with van der Waals surface area (Å²) in [6, 6.07) is 6.30. The third-order valence-corrected chi connectivity index (χ3v) is 4.12. The van der Waals surface area contributed by atoms with Crippen molar-refractivity contribution < 1.29 is 0 Å². The van der Waals surface area contributed by atoms with Crippen LogP contribution in [0.1, 0.15) is 37.1 Å². The molecule has 1 fully saturated rings. The molecule has 1 heterocycles. The molecule has 1 saturated carbocycles. The molecule has 2 rings (SSSR count). The Hall–Kier alpha value is -0.500. The quantitative estimate of drug-likeness (QED) is 0.751. The highest BCUT2D eigenvalue weighted by Crippen LogP contribution is 2.31. The highest BCUT2D eigenvalue weighted by atomic mass is 32.2. The highest BCUT2D eigenvalue weighted by molar-refractivity contribution is 7.99. The Bertz CT molecular complexity index is 292. The summed E-state index contributed by atoms with van der Waals surface area (Å²) in [7, 11) is 0. The molecule has 1 aromatic heterocycles. The van der Waals surface area contributed by atoms with E-state index < -0.39 is 0 Å². The standard InChI is InChI=1S/C12H17NS/c1-10-5-4-6-11(13-10)9-14-12-7-2-3-8-12/h4-6,12H,2-3,7-9H2,1H3. The summed E-state index contributed by atoms with van der Waals surface area (Å²) in [5.74, 6) is 1.09. The zero-order valence-electron chi connectivity index (χ0n) is 8.70. The minimum Gasteiger partial charge on any atom is -0.257 e. The van der Waals surface area contributed by atoms with Gasteiger partial charge in [0.1, 0.15) is 0 Å². The van der Waals surface area contributed by atoms with Crippen molar-refractivity contribution in [2.24, 2.45) is 0 Å². The molecule has 1 nitrogen and oxygen atoms in total. The molecule has 2 heteroatoms. The monoisotopic (exact) mass is 207 g/mol. The lowest BCUT2D eigenvalue weighted by Crippen LogP contribution is -1.96. The van der Waals surface area contributed by atoms with Crippen molar-refractivity contribution in [3.8, 4) is 0 Å². The first kappa shape index (κ1) is 10.0. The molecule has 0 saturated heterocycles. The van der Waals surface area contributed by atoms with Crippen LogP contribution in [-0.4, -0.2) is 10.2 Å². The van der Waals surface area contributed by atoms with E-state index in [0.29, 0.717) is 0 Å². The summed E-state index contributed by atoms with van der Waals surface area (Å²) in [4.78, 5) is 4.51. The number of nitrogens with zero attached hydrogens (tertiary/aromatic N) is 1. The lowest BCUT2D eigenvalue weighted by atomic mass is 10.3. The summed E-state index contributed by atoms with van der Waals surface area (Å²) in [5, 5.41) is 0.900. The van der Waals surface area contributed by atoms with Gasteiger partial charge in [0.15, 0.2) is 0 Å². The molecule has 0 aromatic carbocycles. The fourth-order valence-electron chi connectivity index (χ4n) is 1.94. The van der Waals surface area contributed by atoms with Crippen LogP contribution in [0.25, 0.3) is 0 Å². The lowest BCUT2D eigenvalue weighted by Gasteiger charge is -2.07. The minimum absolute atomic E-state index is 0.900. The predicted octanol–water partition coefficient (Wildman–Crippen LogP) is 3.57. The van der Waals surface area contributed by atoms with Gasteiger partial charge < -0.3 is 0 Å². The van der Waals surface area contributed by atoms with Crippen molar-refractivity contribution in [3.63, 3.8) is 0 Å². The van der Waals surface area contributed by atoms with Gasteiger partial charge in [-0.05, 0) is 31.9 Å². The number of aromatic nitrogens is 1. The molecule has 14 heavy (non-hydrogen) atoms. The second-order valence-corrected chi connectivity index (χ2v) is 5.28. The topological polar surface area (TPSA) is 12.9 Å². The molecule has 1 aliphatic rings. The molecule has 76 valence electrons. The van der Waals surface area contributed by atoms with E-state index in [0.717, 1.165) is 16.7 Å². The van der Waals surface area contributed by atoms with E-state index in [1.54, 1.807) is 0 Å². The van der Waals surface area contributed by atoms with Crippen LogP contribution in [0.3, 0.4) is 0 Å². The van der Waals surface area contributed by atoms with Crippen LogP contribution in [0.2, 0.25) is 0 Å². The number of pyridine rings is 1. The number of hydrogen-bond acceptors (Lipinski definition) is 2. The van der Waals surface area contributed by atoms with Crippen molar-refractivity contribution in [3.05, 3.63) is 29.6 Å². The predicted molar refractivity (Wildman–Crippen MR) is 62.5 cm³/mol. The number of thioether (sulfide) groups is 1. The number of aryl methyl sites for hydroxylation is 1. The molecule has 0 unspecified atom stereocenters. The Morgan fingerprint density at radius 1 is 1.36 bits per heavy atom. The van der Waals surface area contributed by atoms with Gasteiger partial charge >= 0.3 is 0 Å². The zero-order chi connectivity index (χ0) is 9.80. The van der Waals surface area contributed by atoms with Gasteiger partial charge in [-0.2, -0.15) is 11.8 Å². The lowest BCUT2D eigenvalue weighted by molar-refractivity contribution is 0.886. The molecule has 0 atom stereocenters. The Morgan fingerprint density at radius 2 is 2.14 bits per heavy atom. The summed E-state index contributed by atoms with van der Waals surface area (Å²) in [6.45, 7) is 2.06. The van der Waals surface area contributed by atoms with Crippen LogP contribution < -0.4 is 0 Å². The smallest absolute Gasteiger partial charge is 0.0505 e. The van der Waals surface area contributed by atoms with Crippen LogP contribution >= 0.6 is 11.8 Å². The SMILES string of the molecule is Cc1cccc(CSC2CCCC2)n1. The van der Waals surface area contributed by atoms with Gasteiger partial charge in [-0.15, -0.1) is 0 Å². The maximum absolute atomic E-state index is 4.51. The van der Waals surface area contributed by atoms with E-state index in [1.165, 1.54) is 31.4 Å². The van der Waals surface area contributed by atoms with Crippen molar-refractivity contribution in [1.29, 1.82) is 0 Å². The molecule has 0 aliphatic heterocycles. The molecular formula is C12H17NS. The van der Waals surface area contributed by atoms with Crippen molar-refractivity contribution in [2.45, 2.75) is 43.6 Å². The summed E-state index contributed by atoms with van der Waals surface area (Å²) < 4.78 is 0. The zero-order valence-corrected chi connectivity index (χ0v) is 9.52. The number of hydrogen-bond donors (Lipinski definition) is 0. The molecule has 0 bridgehead atoms. The van der Waals surface area contributed by atoms with Gasteiger partial charge in [-0.25, -0.2) is 0 Å². The Morgan fingerprint density at radius 3 is 2.86 bits per heavy atom.